The second-order valence-electron chi connectivity index (χ2n) is 6.53. The van der Waals surface area contributed by atoms with E-state index >= 15 is 0 Å². The van der Waals surface area contributed by atoms with E-state index in [9.17, 15) is 18.0 Å². The van der Waals surface area contributed by atoms with E-state index in [0.29, 0.717) is 32.5 Å². The maximum absolute atomic E-state index is 12.9. The van der Waals surface area contributed by atoms with Gasteiger partial charge in [0.15, 0.2) is 0 Å². The van der Waals surface area contributed by atoms with Crippen molar-refractivity contribution in [3.8, 4) is 0 Å². The molecular weight excluding hydrogens is 360 g/mol. The molecule has 1 aromatic carbocycles. The normalized spacial score (nSPS) is 24.3. The molecule has 0 bridgehead atoms. The zero-order valence-corrected chi connectivity index (χ0v) is 15.1. The first-order valence-electron chi connectivity index (χ1n) is 8.60. The molecule has 1 saturated heterocycles. The molecule has 2 atom stereocenters. The van der Waals surface area contributed by atoms with Crippen LogP contribution in [0.25, 0.3) is 0 Å². The average molecular weight is 382 g/mol. The number of carbonyl (C=O) groups excluding carboxylic acids is 1. The Hall–Kier alpha value is -1.97. The molecule has 0 spiro atoms. The molecule has 8 nitrogen and oxygen atoms in total. The predicted molar refractivity (Wildman–Crippen MR) is 92.3 cm³/mol. The molecule has 0 unspecified atom stereocenters. The summed E-state index contributed by atoms with van der Waals surface area (Å²) in [5.41, 5.74) is 0.0813. The van der Waals surface area contributed by atoms with Crippen LogP contribution in [0.2, 0.25) is 0 Å². The monoisotopic (exact) mass is 382 g/mol. The van der Waals surface area contributed by atoms with Crippen LogP contribution in [-0.2, 0) is 19.6 Å². The number of amides is 1. The third kappa shape index (κ3) is 3.89. The van der Waals surface area contributed by atoms with Crippen LogP contribution in [0.1, 0.15) is 29.6 Å². The van der Waals surface area contributed by atoms with Crippen molar-refractivity contribution in [2.45, 2.75) is 30.2 Å². The fourth-order valence-electron chi connectivity index (χ4n) is 3.41. The van der Waals surface area contributed by atoms with Gasteiger partial charge in [0.05, 0.1) is 29.6 Å². The van der Waals surface area contributed by atoms with Crippen molar-refractivity contribution in [1.82, 2.24) is 9.62 Å². The van der Waals surface area contributed by atoms with E-state index in [-0.39, 0.29) is 29.6 Å². The Bertz CT molecular complexity index is 788. The van der Waals surface area contributed by atoms with E-state index < -0.39 is 27.8 Å². The van der Waals surface area contributed by atoms with Gasteiger partial charge in [-0.1, -0.05) is 12.1 Å². The van der Waals surface area contributed by atoms with Gasteiger partial charge in [0.25, 0.3) is 5.91 Å². The predicted octanol–water partition coefficient (Wildman–Crippen LogP) is 0.691. The minimum atomic E-state index is -3.80. The summed E-state index contributed by atoms with van der Waals surface area (Å²) in [6.07, 6.45) is 1.44. The molecule has 1 aliphatic carbocycles. The molecule has 2 N–H and O–H groups in total. The molecule has 1 aliphatic heterocycles. The number of nitrogens with zero attached hydrogens (tertiary/aromatic N) is 1. The highest BCUT2D eigenvalue weighted by Gasteiger charge is 2.33. The summed E-state index contributed by atoms with van der Waals surface area (Å²) in [7, 11) is -3.80. The highest BCUT2D eigenvalue weighted by atomic mass is 32.2. The topological polar surface area (TPSA) is 113 Å². The Morgan fingerprint density at radius 3 is 2.50 bits per heavy atom. The number of hydrogen-bond acceptors (Lipinski definition) is 5. The first-order chi connectivity index (χ1) is 12.4. The smallest absolute Gasteiger partial charge is 0.306 e. The number of carboxylic acids is 1. The molecule has 2 aliphatic rings. The van der Waals surface area contributed by atoms with Gasteiger partial charge in [0, 0.05) is 19.1 Å². The maximum atomic E-state index is 12.9. The number of benzene rings is 1. The number of morpholine rings is 1. The lowest BCUT2D eigenvalue weighted by Crippen LogP contribution is -2.41. The molecule has 142 valence electrons. The number of rotatable bonds is 5. The third-order valence-electron chi connectivity index (χ3n) is 4.84. The summed E-state index contributed by atoms with van der Waals surface area (Å²) in [5.74, 6) is -1.82. The zero-order valence-electron chi connectivity index (χ0n) is 14.3. The molecule has 1 saturated carbocycles. The number of nitrogens with one attached hydrogen (secondary N) is 1. The Kier molecular flexibility index (Phi) is 5.59. The third-order valence-corrected chi connectivity index (χ3v) is 6.79. The van der Waals surface area contributed by atoms with Gasteiger partial charge in [-0.2, -0.15) is 4.31 Å². The lowest BCUT2D eigenvalue weighted by molar-refractivity contribution is -0.141. The van der Waals surface area contributed by atoms with Crippen molar-refractivity contribution in [2.24, 2.45) is 5.92 Å². The summed E-state index contributed by atoms with van der Waals surface area (Å²) in [6, 6.07) is 5.84. The molecule has 3 rings (SSSR count). The molecule has 1 aromatic rings. The lowest BCUT2D eigenvalue weighted by Gasteiger charge is -2.27. The molecular formula is C17H22N2O6S. The van der Waals surface area contributed by atoms with Crippen LogP contribution >= 0.6 is 0 Å². The summed E-state index contributed by atoms with van der Waals surface area (Å²) in [4.78, 5) is 23.7. The summed E-state index contributed by atoms with van der Waals surface area (Å²) in [5, 5.41) is 11.9. The van der Waals surface area contributed by atoms with Crippen LogP contribution in [0, 0.1) is 5.92 Å². The van der Waals surface area contributed by atoms with E-state index in [1.54, 1.807) is 12.1 Å². The Morgan fingerprint density at radius 1 is 1.15 bits per heavy atom. The molecule has 26 heavy (non-hydrogen) atoms. The second kappa shape index (κ2) is 7.73. The number of carboxylic acid groups (broad SMARTS) is 1. The van der Waals surface area contributed by atoms with Crippen molar-refractivity contribution >= 4 is 21.9 Å². The molecule has 0 radical (unpaired) electrons. The van der Waals surface area contributed by atoms with Crippen LogP contribution in [0.4, 0.5) is 0 Å². The molecule has 0 aromatic heterocycles. The van der Waals surface area contributed by atoms with E-state index in [2.05, 4.69) is 5.32 Å². The van der Waals surface area contributed by atoms with Crippen LogP contribution in [-0.4, -0.2) is 62.1 Å². The number of sulfonamides is 1. The zero-order chi connectivity index (χ0) is 18.7. The highest BCUT2D eigenvalue weighted by molar-refractivity contribution is 7.89. The maximum Gasteiger partial charge on any atom is 0.306 e. The quantitative estimate of drug-likeness (QED) is 0.775. The largest absolute Gasteiger partial charge is 0.481 e. The van der Waals surface area contributed by atoms with Crippen LogP contribution in [0.3, 0.4) is 0 Å². The number of aliphatic carboxylic acids is 1. The summed E-state index contributed by atoms with van der Waals surface area (Å²) in [6.45, 7) is 1.15. The first-order valence-corrected chi connectivity index (χ1v) is 10.0. The van der Waals surface area contributed by atoms with Gasteiger partial charge in [-0.3, -0.25) is 9.59 Å². The average Bonchev–Trinajstić information content (AvgIpc) is 3.11. The minimum absolute atomic E-state index is 0.0350. The fraction of sp³-hybridized carbons (Fsp3) is 0.529. The van der Waals surface area contributed by atoms with Crippen molar-refractivity contribution in [2.75, 3.05) is 26.3 Å². The van der Waals surface area contributed by atoms with Crippen molar-refractivity contribution in [3.05, 3.63) is 29.8 Å². The molecule has 1 heterocycles. The lowest BCUT2D eigenvalue weighted by atomic mass is 10.1. The Balaban J connectivity index is 1.78. The van der Waals surface area contributed by atoms with Gasteiger partial charge in [-0.05, 0) is 31.4 Å². The number of carbonyl (C=O) groups is 2. The highest BCUT2D eigenvalue weighted by Crippen LogP contribution is 2.27. The van der Waals surface area contributed by atoms with E-state index in [0.717, 1.165) is 0 Å². The Morgan fingerprint density at radius 2 is 1.85 bits per heavy atom. The summed E-state index contributed by atoms with van der Waals surface area (Å²) < 4.78 is 32.3. The van der Waals surface area contributed by atoms with E-state index in [1.807, 2.05) is 0 Å². The van der Waals surface area contributed by atoms with Crippen molar-refractivity contribution in [3.63, 3.8) is 0 Å². The standard InChI is InChI=1S/C17H22N2O6S/c20-16(18-13-6-5-12(11-13)17(21)22)14-3-1-2-4-15(14)26(23,24)19-7-9-25-10-8-19/h1-4,12-13H,5-11H2,(H,18,20)(H,21,22)/t12-,13+/m0/s1. The SMILES string of the molecule is O=C(N[C@@H]1CC[C@H](C(=O)O)C1)c1ccccc1S(=O)(=O)N1CCOCC1. The number of hydrogen-bond donors (Lipinski definition) is 2. The van der Waals surface area contributed by atoms with Crippen LogP contribution in [0.15, 0.2) is 29.2 Å². The molecule has 1 amide bonds. The molecule has 9 heteroatoms. The first kappa shape index (κ1) is 18.8. The van der Waals surface area contributed by atoms with Gasteiger partial charge >= 0.3 is 5.97 Å². The van der Waals surface area contributed by atoms with Crippen molar-refractivity contribution < 1.29 is 27.9 Å². The van der Waals surface area contributed by atoms with Crippen LogP contribution < -0.4 is 5.32 Å². The minimum Gasteiger partial charge on any atom is -0.481 e. The number of ether oxygens (including phenoxy) is 1. The van der Waals surface area contributed by atoms with Gasteiger partial charge in [0.1, 0.15) is 0 Å². The van der Waals surface area contributed by atoms with E-state index in [1.165, 1.54) is 16.4 Å². The Labute approximate surface area is 152 Å². The van der Waals surface area contributed by atoms with Gasteiger partial charge in [0.2, 0.25) is 10.0 Å². The van der Waals surface area contributed by atoms with Gasteiger partial charge in [-0.25, -0.2) is 8.42 Å². The summed E-state index contributed by atoms with van der Waals surface area (Å²) >= 11 is 0. The second-order valence-corrected chi connectivity index (χ2v) is 8.44. The van der Waals surface area contributed by atoms with Gasteiger partial charge in [-0.15, -0.1) is 0 Å². The van der Waals surface area contributed by atoms with Crippen molar-refractivity contribution in [1.29, 1.82) is 0 Å². The van der Waals surface area contributed by atoms with E-state index in [4.69, 9.17) is 9.84 Å². The molecule has 2 fully saturated rings. The van der Waals surface area contributed by atoms with Crippen LogP contribution in [0.5, 0.6) is 0 Å². The fourth-order valence-corrected chi connectivity index (χ4v) is 5.00. The van der Waals surface area contributed by atoms with Gasteiger partial charge < -0.3 is 15.2 Å².